The number of amides is 1. The third-order valence-electron chi connectivity index (χ3n) is 5.64. The minimum Gasteiger partial charge on any atom is -0.503 e. The number of rotatable bonds is 5. The van der Waals surface area contributed by atoms with E-state index in [4.69, 9.17) is 4.74 Å². The summed E-state index contributed by atoms with van der Waals surface area (Å²) < 4.78 is 34.1. The number of hydrogen-bond acceptors (Lipinski definition) is 6. The van der Waals surface area contributed by atoms with E-state index in [1.54, 1.807) is 42.5 Å². The minimum atomic E-state index is -1.25. The highest BCUT2D eigenvalue weighted by Crippen LogP contribution is 2.44. The molecule has 2 aromatic rings. The second kappa shape index (κ2) is 8.90. The number of aliphatic hydroxyl groups excluding tert-OH is 1. The van der Waals surface area contributed by atoms with Crippen LogP contribution in [-0.2, 0) is 9.59 Å². The lowest BCUT2D eigenvalue weighted by Gasteiger charge is -2.26. The number of fused-ring (bicyclic) bond motifs is 1. The van der Waals surface area contributed by atoms with Crippen LogP contribution in [0.1, 0.15) is 11.6 Å². The number of Topliss-reactive ketones (excluding diaryl/α,β-unsaturated/α-hetero) is 1. The van der Waals surface area contributed by atoms with E-state index in [9.17, 15) is 23.5 Å². The second-order valence-electron chi connectivity index (χ2n) is 7.78. The number of ether oxygens (including phenoxy) is 1. The van der Waals surface area contributed by atoms with Crippen molar-refractivity contribution in [3.05, 3.63) is 101 Å². The number of ketones is 1. The van der Waals surface area contributed by atoms with Crippen LogP contribution in [0.15, 0.2) is 95.0 Å². The van der Waals surface area contributed by atoms with Crippen molar-refractivity contribution in [3.8, 4) is 5.75 Å². The average molecular weight is 480 g/mol. The van der Waals surface area contributed by atoms with Crippen LogP contribution >= 0.6 is 11.8 Å². The number of carbonyl (C=O) groups excluding carboxylic acids is 2. The van der Waals surface area contributed by atoms with Crippen LogP contribution in [-0.4, -0.2) is 44.8 Å². The first kappa shape index (κ1) is 22.1. The molecule has 172 valence electrons. The summed E-state index contributed by atoms with van der Waals surface area (Å²) in [5, 5.41) is 10.5. The lowest BCUT2D eigenvalue weighted by Crippen LogP contribution is -2.35. The zero-order chi connectivity index (χ0) is 23.8. The number of nitrogens with zero attached hydrogens (tertiary/aromatic N) is 2. The minimum absolute atomic E-state index is 0.0263. The van der Waals surface area contributed by atoms with Crippen LogP contribution in [0, 0.1) is 5.82 Å². The summed E-state index contributed by atoms with van der Waals surface area (Å²) in [5.74, 6) is -2.98. The summed E-state index contributed by atoms with van der Waals surface area (Å²) in [7, 11) is 0. The van der Waals surface area contributed by atoms with Crippen molar-refractivity contribution in [3.63, 3.8) is 0 Å². The zero-order valence-electron chi connectivity index (χ0n) is 17.6. The lowest BCUT2D eigenvalue weighted by molar-refractivity contribution is -0.125. The maximum Gasteiger partial charge on any atom is 0.296 e. The van der Waals surface area contributed by atoms with Crippen molar-refractivity contribution in [2.24, 2.45) is 4.99 Å². The smallest absolute Gasteiger partial charge is 0.296 e. The SMILES string of the molecule is O=C(COc1ccccc1)C1=C(O)C(=O)N(C2=NC3C=CC(F)=CC3S2)C1c1ccccc1F. The first-order valence-electron chi connectivity index (χ1n) is 10.5. The quantitative estimate of drug-likeness (QED) is 0.685. The predicted molar refractivity (Wildman–Crippen MR) is 124 cm³/mol. The van der Waals surface area contributed by atoms with Gasteiger partial charge in [0.1, 0.15) is 17.4 Å². The number of carbonyl (C=O) groups is 2. The van der Waals surface area contributed by atoms with E-state index in [2.05, 4.69) is 4.99 Å². The predicted octanol–water partition coefficient (Wildman–Crippen LogP) is 4.43. The van der Waals surface area contributed by atoms with Gasteiger partial charge in [-0.3, -0.25) is 19.5 Å². The number of para-hydroxylation sites is 1. The molecule has 0 saturated carbocycles. The molecule has 0 spiro atoms. The number of hydrogen-bond donors (Lipinski definition) is 1. The number of amidine groups is 1. The molecule has 2 aliphatic heterocycles. The third-order valence-corrected chi connectivity index (χ3v) is 6.84. The summed E-state index contributed by atoms with van der Waals surface area (Å²) in [6.45, 7) is -0.461. The van der Waals surface area contributed by atoms with Crippen LogP contribution in [0.25, 0.3) is 0 Å². The summed E-state index contributed by atoms with van der Waals surface area (Å²) in [4.78, 5) is 31.9. The Kier molecular flexibility index (Phi) is 5.79. The van der Waals surface area contributed by atoms with E-state index >= 15 is 0 Å². The van der Waals surface area contributed by atoms with E-state index < -0.39 is 53.0 Å². The standard InChI is InChI=1S/C25H18F2N2O4S/c26-14-10-11-18-20(12-14)34-25(28-18)29-22(16-8-4-5-9-17(16)27)21(23(31)24(29)32)19(30)13-33-15-6-2-1-3-7-15/h1-12,18,20,22,31H,13H2. The van der Waals surface area contributed by atoms with Gasteiger partial charge >= 0.3 is 0 Å². The van der Waals surface area contributed by atoms with Crippen LogP contribution in [0.4, 0.5) is 8.78 Å². The van der Waals surface area contributed by atoms with Crippen molar-refractivity contribution >= 4 is 28.6 Å². The number of benzene rings is 2. The highest BCUT2D eigenvalue weighted by atomic mass is 32.2. The highest BCUT2D eigenvalue weighted by Gasteiger charge is 2.49. The summed E-state index contributed by atoms with van der Waals surface area (Å²) in [6.07, 6.45) is 4.25. The lowest BCUT2D eigenvalue weighted by atomic mass is 9.96. The van der Waals surface area contributed by atoms with Gasteiger partial charge in [0.25, 0.3) is 5.91 Å². The third kappa shape index (κ3) is 3.92. The molecule has 3 aliphatic rings. The van der Waals surface area contributed by atoms with Crippen molar-refractivity contribution in [2.75, 3.05) is 6.61 Å². The van der Waals surface area contributed by atoms with Gasteiger partial charge in [0, 0.05) is 5.56 Å². The molecule has 6 nitrogen and oxygen atoms in total. The molecule has 0 fully saturated rings. The zero-order valence-corrected chi connectivity index (χ0v) is 18.4. The Balaban J connectivity index is 1.51. The molecule has 5 rings (SSSR count). The van der Waals surface area contributed by atoms with Crippen LogP contribution in [0.3, 0.4) is 0 Å². The Morgan fingerprint density at radius 1 is 1.12 bits per heavy atom. The molecule has 0 saturated heterocycles. The summed E-state index contributed by atoms with van der Waals surface area (Å²) in [6, 6.07) is 12.6. The number of thioether (sulfide) groups is 1. The molecule has 0 radical (unpaired) electrons. The largest absolute Gasteiger partial charge is 0.503 e. The van der Waals surface area contributed by atoms with Gasteiger partial charge in [-0.1, -0.05) is 54.2 Å². The molecule has 0 bridgehead atoms. The number of allylic oxidation sites excluding steroid dienone is 2. The van der Waals surface area contributed by atoms with Crippen molar-refractivity contribution in [2.45, 2.75) is 17.3 Å². The van der Waals surface area contributed by atoms with E-state index in [-0.39, 0.29) is 16.3 Å². The highest BCUT2D eigenvalue weighted by molar-refractivity contribution is 8.14. The normalized spacial score (nSPS) is 23.6. The molecule has 2 heterocycles. The fourth-order valence-electron chi connectivity index (χ4n) is 4.05. The van der Waals surface area contributed by atoms with Gasteiger partial charge in [0.2, 0.25) is 5.78 Å². The van der Waals surface area contributed by atoms with Crippen molar-refractivity contribution in [1.29, 1.82) is 0 Å². The van der Waals surface area contributed by atoms with Gasteiger partial charge in [-0.25, -0.2) is 8.78 Å². The maximum atomic E-state index is 14.9. The van der Waals surface area contributed by atoms with Crippen molar-refractivity contribution < 1.29 is 28.2 Å². The molecule has 9 heteroatoms. The molecule has 34 heavy (non-hydrogen) atoms. The van der Waals surface area contributed by atoms with Gasteiger partial charge in [-0.05, 0) is 30.4 Å². The van der Waals surface area contributed by atoms with E-state index in [0.717, 1.165) is 16.7 Å². The topological polar surface area (TPSA) is 79.2 Å². The first-order chi connectivity index (χ1) is 16.4. The number of halogens is 2. The molecule has 0 aromatic heterocycles. The van der Waals surface area contributed by atoms with E-state index in [1.807, 2.05) is 0 Å². The molecule has 1 amide bonds. The van der Waals surface area contributed by atoms with Crippen LogP contribution in [0.5, 0.6) is 5.75 Å². The fourth-order valence-corrected chi connectivity index (χ4v) is 5.27. The molecule has 1 aliphatic carbocycles. The Morgan fingerprint density at radius 2 is 1.85 bits per heavy atom. The summed E-state index contributed by atoms with van der Waals surface area (Å²) in [5.41, 5.74) is -0.250. The van der Waals surface area contributed by atoms with Crippen molar-refractivity contribution in [1.82, 2.24) is 4.90 Å². The Hall–Kier alpha value is -3.72. The molecular formula is C25H18F2N2O4S. The molecule has 1 N–H and O–H groups in total. The number of aliphatic imine (C=N–C) groups is 1. The van der Waals surface area contributed by atoms with Crippen LogP contribution in [0.2, 0.25) is 0 Å². The second-order valence-corrected chi connectivity index (χ2v) is 8.93. The van der Waals surface area contributed by atoms with Crippen LogP contribution < -0.4 is 4.74 Å². The fraction of sp³-hybridized carbons (Fsp3) is 0.160. The van der Waals surface area contributed by atoms with Gasteiger partial charge in [-0.2, -0.15) is 0 Å². The Morgan fingerprint density at radius 3 is 2.62 bits per heavy atom. The number of aliphatic hydroxyl groups is 1. The van der Waals surface area contributed by atoms with Gasteiger partial charge < -0.3 is 9.84 Å². The van der Waals surface area contributed by atoms with Gasteiger partial charge in [0.05, 0.1) is 22.9 Å². The monoisotopic (exact) mass is 480 g/mol. The first-order valence-corrected chi connectivity index (χ1v) is 11.3. The van der Waals surface area contributed by atoms with Gasteiger partial charge in [-0.15, -0.1) is 0 Å². The molecular weight excluding hydrogens is 462 g/mol. The Bertz CT molecular complexity index is 1290. The van der Waals surface area contributed by atoms with Gasteiger partial charge in [0.15, 0.2) is 17.5 Å². The maximum absolute atomic E-state index is 14.9. The summed E-state index contributed by atoms with van der Waals surface area (Å²) >= 11 is 1.11. The molecule has 3 unspecified atom stereocenters. The average Bonchev–Trinajstić information content (AvgIpc) is 3.36. The molecule has 2 aromatic carbocycles. The van der Waals surface area contributed by atoms with E-state index in [1.165, 1.54) is 30.4 Å². The van der Waals surface area contributed by atoms with E-state index in [0.29, 0.717) is 5.75 Å². The Labute approximate surface area is 197 Å². The molecule has 3 atom stereocenters.